The van der Waals surface area contributed by atoms with E-state index >= 15 is 0 Å². The Morgan fingerprint density at radius 1 is 1.12 bits per heavy atom. The lowest BCUT2D eigenvalue weighted by atomic mass is 9.97. The molecule has 0 bridgehead atoms. The molecule has 0 aromatic heterocycles. The van der Waals surface area contributed by atoms with Crippen LogP contribution in [0.4, 0.5) is 0 Å². The van der Waals surface area contributed by atoms with Gasteiger partial charge in [0.05, 0.1) is 6.10 Å². The van der Waals surface area contributed by atoms with Gasteiger partial charge in [-0.1, -0.05) is 67.1 Å². The van der Waals surface area contributed by atoms with Crippen LogP contribution in [-0.4, -0.2) is 18.1 Å². The minimum Gasteiger partial charge on any atom is -0.388 e. The number of ether oxygens (including phenoxy) is 1. The number of carbonyl (C=O) groups is 1. The van der Waals surface area contributed by atoms with Crippen LogP contribution in [0.5, 0.6) is 0 Å². The molecular formula is C20H22ClNO3. The molecule has 0 aliphatic carbocycles. The van der Waals surface area contributed by atoms with Crippen molar-refractivity contribution in [2.24, 2.45) is 5.92 Å². The van der Waals surface area contributed by atoms with E-state index in [0.717, 1.165) is 11.1 Å². The van der Waals surface area contributed by atoms with Crippen molar-refractivity contribution in [3.05, 3.63) is 83.0 Å². The molecule has 4 nitrogen and oxygen atoms in total. The Bertz CT molecular complexity index is 701. The van der Waals surface area contributed by atoms with Gasteiger partial charge < -0.3 is 15.2 Å². The van der Waals surface area contributed by atoms with Crippen LogP contribution in [0.2, 0.25) is 5.02 Å². The summed E-state index contributed by atoms with van der Waals surface area (Å²) in [6.07, 6.45) is 1.93. The van der Waals surface area contributed by atoms with Crippen LogP contribution in [0.15, 0.2) is 66.9 Å². The molecule has 3 atom stereocenters. The average Bonchev–Trinajstić information content (AvgIpc) is 2.63. The van der Waals surface area contributed by atoms with Crippen LogP contribution >= 0.6 is 11.6 Å². The fourth-order valence-corrected chi connectivity index (χ4v) is 2.57. The second kappa shape index (κ2) is 9.37. The summed E-state index contributed by atoms with van der Waals surface area (Å²) in [5.74, 6) is -0.447. The third-order valence-electron chi connectivity index (χ3n) is 3.91. The van der Waals surface area contributed by atoms with Gasteiger partial charge in [0.1, 0.15) is 0 Å². The van der Waals surface area contributed by atoms with Crippen LogP contribution < -0.4 is 5.32 Å². The summed E-state index contributed by atoms with van der Waals surface area (Å²) in [6, 6.07) is 16.3. The van der Waals surface area contributed by atoms with Crippen molar-refractivity contribution in [3.63, 3.8) is 0 Å². The highest BCUT2D eigenvalue weighted by atomic mass is 35.5. The lowest BCUT2D eigenvalue weighted by molar-refractivity contribution is -0.130. The van der Waals surface area contributed by atoms with Crippen molar-refractivity contribution >= 4 is 17.5 Å². The summed E-state index contributed by atoms with van der Waals surface area (Å²) in [6.45, 7) is 1.87. The van der Waals surface area contributed by atoms with Crippen molar-refractivity contribution in [3.8, 4) is 0 Å². The molecule has 2 aromatic rings. The number of nitrogens with one attached hydrogen (secondary N) is 1. The molecule has 0 spiro atoms. The van der Waals surface area contributed by atoms with Crippen molar-refractivity contribution in [2.45, 2.75) is 19.1 Å². The zero-order valence-corrected chi connectivity index (χ0v) is 15.0. The summed E-state index contributed by atoms with van der Waals surface area (Å²) in [4.78, 5) is 12.3. The quantitative estimate of drug-likeness (QED) is 0.784. The zero-order chi connectivity index (χ0) is 18.2. The first-order chi connectivity index (χ1) is 12.0. The van der Waals surface area contributed by atoms with E-state index in [2.05, 4.69) is 5.32 Å². The minimum absolute atomic E-state index is 0.181. The third-order valence-corrected chi connectivity index (χ3v) is 4.16. The van der Waals surface area contributed by atoms with E-state index in [4.69, 9.17) is 16.3 Å². The van der Waals surface area contributed by atoms with Gasteiger partial charge in [-0.05, 0) is 23.3 Å². The second-order valence-electron chi connectivity index (χ2n) is 5.75. The number of benzene rings is 2. The highest BCUT2D eigenvalue weighted by Crippen LogP contribution is 2.24. The molecular weight excluding hydrogens is 338 g/mol. The van der Waals surface area contributed by atoms with Crippen LogP contribution in [0.1, 0.15) is 30.3 Å². The normalized spacial score (nSPS) is 14.9. The Morgan fingerprint density at radius 3 is 2.36 bits per heavy atom. The van der Waals surface area contributed by atoms with Crippen molar-refractivity contribution in [1.29, 1.82) is 0 Å². The highest BCUT2D eigenvalue weighted by Gasteiger charge is 2.19. The first kappa shape index (κ1) is 19.2. The topological polar surface area (TPSA) is 58.6 Å². The molecule has 0 saturated carbocycles. The summed E-state index contributed by atoms with van der Waals surface area (Å²) in [5.41, 5.74) is 1.55. The Kier molecular flexibility index (Phi) is 7.19. The molecule has 25 heavy (non-hydrogen) atoms. The van der Waals surface area contributed by atoms with Crippen molar-refractivity contribution in [2.75, 3.05) is 7.11 Å². The number of carbonyl (C=O) groups excluding carboxylic acids is 1. The number of aliphatic hydroxyl groups excluding tert-OH is 1. The molecule has 0 aliphatic heterocycles. The monoisotopic (exact) mass is 359 g/mol. The number of aliphatic hydroxyl groups is 1. The van der Waals surface area contributed by atoms with E-state index in [9.17, 15) is 9.90 Å². The van der Waals surface area contributed by atoms with Gasteiger partial charge in [0.25, 0.3) is 5.91 Å². The lowest BCUT2D eigenvalue weighted by Gasteiger charge is -2.17. The van der Waals surface area contributed by atoms with Gasteiger partial charge in [-0.15, -0.1) is 0 Å². The Balaban J connectivity index is 1.94. The van der Waals surface area contributed by atoms with E-state index in [0.29, 0.717) is 5.02 Å². The molecule has 2 rings (SSSR count). The van der Waals surface area contributed by atoms with E-state index < -0.39 is 12.2 Å². The lowest BCUT2D eigenvalue weighted by Crippen LogP contribution is -2.26. The zero-order valence-electron chi connectivity index (χ0n) is 14.2. The molecule has 0 radical (unpaired) electrons. The van der Waals surface area contributed by atoms with Crippen LogP contribution in [0, 0.1) is 5.92 Å². The third kappa shape index (κ3) is 5.43. The molecule has 0 saturated heterocycles. The van der Waals surface area contributed by atoms with E-state index in [1.54, 1.807) is 36.5 Å². The maximum absolute atomic E-state index is 12.3. The number of hydrogen-bond acceptors (Lipinski definition) is 3. The Labute approximate surface area is 153 Å². The average molecular weight is 360 g/mol. The predicted octanol–water partition coefficient (Wildman–Crippen LogP) is 4.03. The van der Waals surface area contributed by atoms with Crippen molar-refractivity contribution in [1.82, 2.24) is 5.32 Å². The smallest absolute Gasteiger partial charge is 0.257 e. The molecule has 2 aromatic carbocycles. The standard InChI is InChI=1S/C20H22ClNO3/c1-14(18(23)15-8-10-17(21)11-9-15)12-13-22-20(24)19(25-2)16-6-4-3-5-7-16/h3-14,18-19,23H,1-2H3,(H,22,24)/b13-12+/t14-,18-,19?/m0/s1. The number of rotatable bonds is 7. The number of methoxy groups -OCH3 is 1. The van der Waals surface area contributed by atoms with Crippen molar-refractivity contribution < 1.29 is 14.6 Å². The molecule has 0 aliphatic rings. The maximum Gasteiger partial charge on any atom is 0.257 e. The van der Waals surface area contributed by atoms with Crippen LogP contribution in [0.3, 0.4) is 0 Å². The van der Waals surface area contributed by atoms with Gasteiger partial charge in [0.2, 0.25) is 0 Å². The fraction of sp³-hybridized carbons (Fsp3) is 0.250. The van der Waals surface area contributed by atoms with E-state index in [-0.39, 0.29) is 11.8 Å². The molecule has 1 unspecified atom stereocenters. The first-order valence-electron chi connectivity index (χ1n) is 8.01. The highest BCUT2D eigenvalue weighted by molar-refractivity contribution is 6.30. The van der Waals surface area contributed by atoms with Gasteiger partial charge in [-0.3, -0.25) is 4.79 Å². The largest absolute Gasteiger partial charge is 0.388 e. The SMILES string of the molecule is COC(C(=O)N/C=C/[C@H](C)[C@H](O)c1ccc(Cl)cc1)c1ccccc1. The molecule has 0 heterocycles. The predicted molar refractivity (Wildman–Crippen MR) is 99.1 cm³/mol. The summed E-state index contributed by atoms with van der Waals surface area (Å²) < 4.78 is 5.28. The maximum atomic E-state index is 12.3. The summed E-state index contributed by atoms with van der Waals surface area (Å²) in [5, 5.41) is 13.7. The number of amides is 1. The van der Waals surface area contributed by atoms with Gasteiger partial charge in [-0.2, -0.15) is 0 Å². The van der Waals surface area contributed by atoms with Crippen LogP contribution in [-0.2, 0) is 9.53 Å². The van der Waals surface area contributed by atoms with Gasteiger partial charge >= 0.3 is 0 Å². The molecule has 132 valence electrons. The van der Waals surface area contributed by atoms with Gasteiger partial charge in [-0.25, -0.2) is 0 Å². The molecule has 1 amide bonds. The summed E-state index contributed by atoms with van der Waals surface area (Å²) >= 11 is 5.85. The van der Waals surface area contributed by atoms with E-state index in [1.807, 2.05) is 37.3 Å². The Morgan fingerprint density at radius 2 is 1.76 bits per heavy atom. The van der Waals surface area contributed by atoms with Gasteiger partial charge in [0, 0.05) is 24.3 Å². The summed E-state index contributed by atoms with van der Waals surface area (Å²) in [7, 11) is 1.49. The molecule has 2 N–H and O–H groups in total. The minimum atomic E-state index is -0.683. The molecule has 5 heteroatoms. The number of halogens is 1. The molecule has 0 fully saturated rings. The second-order valence-corrected chi connectivity index (χ2v) is 6.19. The van der Waals surface area contributed by atoms with Gasteiger partial charge in [0.15, 0.2) is 6.10 Å². The van der Waals surface area contributed by atoms with Crippen LogP contribution in [0.25, 0.3) is 0 Å². The van der Waals surface area contributed by atoms with E-state index in [1.165, 1.54) is 7.11 Å². The fourth-order valence-electron chi connectivity index (χ4n) is 2.45. The first-order valence-corrected chi connectivity index (χ1v) is 8.39. The number of hydrogen-bond donors (Lipinski definition) is 2. The Hall–Kier alpha value is -2.14.